The zero-order chi connectivity index (χ0) is 17.7. The molecule has 2 aromatic rings. The van der Waals surface area contributed by atoms with Crippen LogP contribution in [-0.4, -0.2) is 18.0 Å². The summed E-state index contributed by atoms with van der Waals surface area (Å²) in [5.41, 5.74) is 1.82. The molecular weight excluding hydrogens is 321 g/mol. The molecule has 0 spiro atoms. The van der Waals surface area contributed by atoms with Gasteiger partial charge in [-0.1, -0.05) is 42.0 Å². The highest BCUT2D eigenvalue weighted by Crippen LogP contribution is 2.24. The smallest absolute Gasteiger partial charge is 0.324 e. The van der Waals surface area contributed by atoms with Crippen LogP contribution in [0.15, 0.2) is 48.5 Å². The first-order valence-electron chi connectivity index (χ1n) is 7.08. The lowest BCUT2D eigenvalue weighted by Crippen LogP contribution is -2.30. The Balaban J connectivity index is 2.08. The Kier molecular flexibility index (Phi) is 5.23. The Morgan fingerprint density at radius 2 is 1.46 bits per heavy atom. The van der Waals surface area contributed by atoms with Gasteiger partial charge in [-0.2, -0.15) is 13.2 Å². The van der Waals surface area contributed by atoms with Crippen LogP contribution in [-0.2, 0) is 16.0 Å². The predicted octanol–water partition coefficient (Wildman–Crippen LogP) is 3.68. The zero-order valence-electron chi connectivity index (χ0n) is 12.8. The van der Waals surface area contributed by atoms with Crippen molar-refractivity contribution < 1.29 is 22.8 Å². The number of hydrogen-bond acceptors (Lipinski definition) is 2. The molecule has 0 heterocycles. The van der Waals surface area contributed by atoms with Crippen molar-refractivity contribution >= 4 is 23.2 Å². The van der Waals surface area contributed by atoms with Crippen molar-refractivity contribution in [2.45, 2.75) is 19.5 Å². The van der Waals surface area contributed by atoms with Gasteiger partial charge in [0, 0.05) is 0 Å². The second-order valence-electron chi connectivity index (χ2n) is 5.21. The maximum atomic E-state index is 12.3. The Morgan fingerprint density at radius 1 is 0.917 bits per heavy atom. The van der Waals surface area contributed by atoms with E-state index in [1.54, 1.807) is 23.5 Å². The molecule has 0 fully saturated rings. The van der Waals surface area contributed by atoms with Crippen molar-refractivity contribution in [2.24, 2.45) is 0 Å². The van der Waals surface area contributed by atoms with E-state index in [1.165, 1.54) is 18.2 Å². The number of amides is 2. The van der Waals surface area contributed by atoms with E-state index in [-0.39, 0.29) is 17.8 Å². The molecule has 0 bridgehead atoms. The average molecular weight is 336 g/mol. The molecule has 0 unspecified atom stereocenters. The van der Waals surface area contributed by atoms with Crippen LogP contribution < -0.4 is 10.6 Å². The molecule has 2 aromatic carbocycles. The fourth-order valence-corrected chi connectivity index (χ4v) is 1.98. The molecule has 126 valence electrons. The monoisotopic (exact) mass is 336 g/mol. The molecule has 0 radical (unpaired) electrons. The van der Waals surface area contributed by atoms with E-state index in [0.717, 1.165) is 11.1 Å². The van der Waals surface area contributed by atoms with Gasteiger partial charge in [0.1, 0.15) is 0 Å². The number of aryl methyl sites for hydroxylation is 1. The molecule has 0 aliphatic rings. The lowest BCUT2D eigenvalue weighted by molar-refractivity contribution is -0.167. The first-order chi connectivity index (χ1) is 11.3. The molecule has 2 N–H and O–H groups in total. The quantitative estimate of drug-likeness (QED) is 0.895. The number of benzene rings is 2. The summed E-state index contributed by atoms with van der Waals surface area (Å²) in [5, 5.41) is 4.26. The minimum atomic E-state index is -5.00. The third-order valence-corrected chi connectivity index (χ3v) is 3.19. The molecular formula is C17H15F3N2O2. The number of carbonyl (C=O) groups is 2. The number of halogens is 3. The van der Waals surface area contributed by atoms with E-state index in [1.807, 2.05) is 19.1 Å². The van der Waals surface area contributed by atoms with Gasteiger partial charge in [0.25, 0.3) is 0 Å². The molecule has 0 aromatic heterocycles. The van der Waals surface area contributed by atoms with Crippen LogP contribution in [0.3, 0.4) is 0 Å². The summed E-state index contributed by atoms with van der Waals surface area (Å²) in [4.78, 5) is 23.1. The van der Waals surface area contributed by atoms with Gasteiger partial charge < -0.3 is 10.6 Å². The van der Waals surface area contributed by atoms with E-state index in [9.17, 15) is 22.8 Å². The lowest BCUT2D eigenvalue weighted by atomic mass is 10.1. The molecule has 7 heteroatoms. The van der Waals surface area contributed by atoms with Crippen molar-refractivity contribution in [3.8, 4) is 0 Å². The van der Waals surface area contributed by atoms with Crippen LogP contribution in [0.2, 0.25) is 0 Å². The molecule has 2 rings (SSSR count). The van der Waals surface area contributed by atoms with Gasteiger partial charge >= 0.3 is 12.1 Å². The van der Waals surface area contributed by atoms with Crippen molar-refractivity contribution in [3.63, 3.8) is 0 Å². The minimum Gasteiger partial charge on any atom is -0.324 e. The summed E-state index contributed by atoms with van der Waals surface area (Å²) < 4.78 is 37.0. The SMILES string of the molecule is Cc1ccc(CC(=O)Nc2ccccc2NC(=O)C(F)(F)F)cc1. The van der Waals surface area contributed by atoms with Gasteiger partial charge in [-0.05, 0) is 24.6 Å². The number of alkyl halides is 3. The van der Waals surface area contributed by atoms with Crippen molar-refractivity contribution in [3.05, 3.63) is 59.7 Å². The van der Waals surface area contributed by atoms with Crippen LogP contribution in [0.4, 0.5) is 24.5 Å². The molecule has 0 aliphatic carbocycles. The van der Waals surface area contributed by atoms with E-state index < -0.39 is 18.0 Å². The Labute approximate surface area is 136 Å². The van der Waals surface area contributed by atoms with Gasteiger partial charge in [-0.15, -0.1) is 0 Å². The topological polar surface area (TPSA) is 58.2 Å². The predicted molar refractivity (Wildman–Crippen MR) is 84.6 cm³/mol. The Morgan fingerprint density at radius 3 is 2.00 bits per heavy atom. The van der Waals surface area contributed by atoms with Crippen LogP contribution in [0.25, 0.3) is 0 Å². The van der Waals surface area contributed by atoms with Gasteiger partial charge in [-0.3, -0.25) is 9.59 Å². The fourth-order valence-electron chi connectivity index (χ4n) is 1.98. The van der Waals surface area contributed by atoms with E-state index in [0.29, 0.717) is 0 Å². The molecule has 0 atom stereocenters. The molecule has 24 heavy (non-hydrogen) atoms. The summed E-state index contributed by atoms with van der Waals surface area (Å²) in [7, 11) is 0. The number of rotatable bonds is 4. The highest BCUT2D eigenvalue weighted by molar-refractivity contribution is 6.01. The normalized spacial score (nSPS) is 11.0. The summed E-state index contributed by atoms with van der Waals surface area (Å²) in [6, 6.07) is 13.0. The van der Waals surface area contributed by atoms with Crippen LogP contribution in [0.1, 0.15) is 11.1 Å². The second-order valence-corrected chi connectivity index (χ2v) is 5.21. The van der Waals surface area contributed by atoms with E-state index in [4.69, 9.17) is 0 Å². The average Bonchev–Trinajstić information content (AvgIpc) is 2.50. The maximum absolute atomic E-state index is 12.3. The van der Waals surface area contributed by atoms with E-state index >= 15 is 0 Å². The third kappa shape index (κ3) is 4.84. The van der Waals surface area contributed by atoms with Crippen molar-refractivity contribution in [1.82, 2.24) is 0 Å². The Hall–Kier alpha value is -2.83. The van der Waals surface area contributed by atoms with Crippen LogP contribution >= 0.6 is 0 Å². The largest absolute Gasteiger partial charge is 0.471 e. The number of carbonyl (C=O) groups excluding carboxylic acids is 2. The van der Waals surface area contributed by atoms with Crippen LogP contribution in [0.5, 0.6) is 0 Å². The van der Waals surface area contributed by atoms with Crippen LogP contribution in [0, 0.1) is 6.92 Å². The second kappa shape index (κ2) is 7.16. The van der Waals surface area contributed by atoms with Gasteiger partial charge in [0.15, 0.2) is 0 Å². The number of anilines is 2. The molecule has 0 aliphatic heterocycles. The molecule has 2 amide bonds. The van der Waals surface area contributed by atoms with Crippen molar-refractivity contribution in [1.29, 1.82) is 0 Å². The first-order valence-corrected chi connectivity index (χ1v) is 7.08. The number of nitrogens with one attached hydrogen (secondary N) is 2. The van der Waals surface area contributed by atoms with Crippen molar-refractivity contribution in [2.75, 3.05) is 10.6 Å². The standard InChI is InChI=1S/C17H15F3N2O2/c1-11-6-8-12(9-7-11)10-15(23)21-13-4-2-3-5-14(13)22-16(24)17(18,19)20/h2-9H,10H2,1H3,(H,21,23)(H,22,24). The maximum Gasteiger partial charge on any atom is 0.471 e. The highest BCUT2D eigenvalue weighted by atomic mass is 19.4. The molecule has 0 saturated heterocycles. The van der Waals surface area contributed by atoms with Gasteiger partial charge in [0.2, 0.25) is 5.91 Å². The molecule has 0 saturated carbocycles. The number of hydrogen-bond donors (Lipinski definition) is 2. The number of para-hydroxylation sites is 2. The lowest BCUT2D eigenvalue weighted by Gasteiger charge is -2.13. The van der Waals surface area contributed by atoms with Gasteiger partial charge in [-0.25, -0.2) is 0 Å². The summed E-state index contributed by atoms with van der Waals surface area (Å²) in [6.45, 7) is 1.92. The van der Waals surface area contributed by atoms with Gasteiger partial charge in [0.05, 0.1) is 17.8 Å². The first kappa shape index (κ1) is 17.5. The third-order valence-electron chi connectivity index (χ3n) is 3.19. The minimum absolute atomic E-state index is 0.0713. The molecule has 4 nitrogen and oxygen atoms in total. The summed E-state index contributed by atoms with van der Waals surface area (Å²) in [6.07, 6.45) is -4.93. The van der Waals surface area contributed by atoms with E-state index in [2.05, 4.69) is 5.32 Å². The summed E-state index contributed by atoms with van der Waals surface area (Å²) >= 11 is 0. The zero-order valence-corrected chi connectivity index (χ0v) is 12.8. The Bertz CT molecular complexity index is 740. The fraction of sp³-hybridized carbons (Fsp3) is 0.176. The highest BCUT2D eigenvalue weighted by Gasteiger charge is 2.39. The summed E-state index contributed by atoms with van der Waals surface area (Å²) in [5.74, 6) is -2.49.